The molecule has 29 heavy (non-hydrogen) atoms. The molecular formula is C22H28FNO5. The van der Waals surface area contributed by atoms with Crippen LogP contribution in [0.1, 0.15) is 24.8 Å². The Morgan fingerprint density at radius 2 is 1.76 bits per heavy atom. The van der Waals surface area contributed by atoms with Gasteiger partial charge in [0.25, 0.3) is 0 Å². The summed E-state index contributed by atoms with van der Waals surface area (Å²) in [5.41, 5.74) is 0.944. The zero-order valence-electron chi connectivity index (χ0n) is 17.0. The van der Waals surface area contributed by atoms with Crippen LogP contribution in [0, 0.1) is 5.82 Å². The van der Waals surface area contributed by atoms with Gasteiger partial charge in [0.2, 0.25) is 5.75 Å². The summed E-state index contributed by atoms with van der Waals surface area (Å²) in [6.07, 6.45) is 1.37. The molecule has 0 spiro atoms. The van der Waals surface area contributed by atoms with Crippen LogP contribution in [-0.2, 0) is 6.54 Å². The van der Waals surface area contributed by atoms with Crippen LogP contribution in [0.15, 0.2) is 36.4 Å². The summed E-state index contributed by atoms with van der Waals surface area (Å²) in [7, 11) is 4.72. The number of benzene rings is 2. The molecule has 0 amide bonds. The first-order valence-corrected chi connectivity index (χ1v) is 9.68. The molecule has 158 valence electrons. The lowest BCUT2D eigenvalue weighted by molar-refractivity contribution is -0.0158. The van der Waals surface area contributed by atoms with Crippen molar-refractivity contribution in [1.29, 1.82) is 0 Å². The second-order valence-electron chi connectivity index (χ2n) is 7.06. The standard InChI is InChI=1S/C22H28FNO5/c1-26-19-10-14(11-20(27-2)22(19)28-3)13-24-17-8-5-9-18(21(17)25)29-16-7-4-6-15(23)12-16/h4,6-7,10-12,17-18,21,24-25H,5,8-9,13H2,1-3H3/t17-,18+,21+/m0/s1. The van der Waals surface area contributed by atoms with Gasteiger partial charge < -0.3 is 29.4 Å². The lowest BCUT2D eigenvalue weighted by Gasteiger charge is -2.35. The van der Waals surface area contributed by atoms with Crippen molar-refractivity contribution in [2.24, 2.45) is 0 Å². The smallest absolute Gasteiger partial charge is 0.203 e. The summed E-state index contributed by atoms with van der Waals surface area (Å²) in [6, 6.07) is 9.62. The maximum Gasteiger partial charge on any atom is 0.203 e. The molecular weight excluding hydrogens is 377 g/mol. The molecule has 0 aliphatic heterocycles. The van der Waals surface area contributed by atoms with Gasteiger partial charge in [0, 0.05) is 18.7 Å². The van der Waals surface area contributed by atoms with Crippen molar-refractivity contribution >= 4 is 0 Å². The normalized spacial score (nSPS) is 21.5. The Labute approximate surface area is 170 Å². The van der Waals surface area contributed by atoms with E-state index in [0.29, 0.717) is 29.5 Å². The van der Waals surface area contributed by atoms with Crippen LogP contribution in [-0.4, -0.2) is 44.7 Å². The predicted octanol–water partition coefficient (Wildman–Crippen LogP) is 3.30. The van der Waals surface area contributed by atoms with Crippen molar-refractivity contribution in [3.05, 3.63) is 47.8 Å². The maximum absolute atomic E-state index is 13.4. The van der Waals surface area contributed by atoms with Gasteiger partial charge in [-0.1, -0.05) is 6.07 Å². The summed E-state index contributed by atoms with van der Waals surface area (Å²) >= 11 is 0. The second kappa shape index (κ2) is 9.80. The number of aliphatic hydroxyl groups excluding tert-OH is 1. The Kier molecular flexibility index (Phi) is 7.17. The molecule has 1 aliphatic rings. The van der Waals surface area contributed by atoms with E-state index in [1.807, 2.05) is 12.1 Å². The van der Waals surface area contributed by atoms with E-state index in [9.17, 15) is 9.50 Å². The number of ether oxygens (including phenoxy) is 4. The fourth-order valence-electron chi connectivity index (χ4n) is 3.69. The summed E-state index contributed by atoms with van der Waals surface area (Å²) < 4.78 is 35.4. The molecule has 1 aliphatic carbocycles. The van der Waals surface area contributed by atoms with E-state index in [1.54, 1.807) is 33.5 Å². The molecule has 1 saturated carbocycles. The maximum atomic E-state index is 13.4. The van der Waals surface area contributed by atoms with Gasteiger partial charge in [-0.05, 0) is 49.1 Å². The van der Waals surface area contributed by atoms with Crippen molar-refractivity contribution in [2.45, 2.75) is 44.1 Å². The highest BCUT2D eigenvalue weighted by Crippen LogP contribution is 2.38. The van der Waals surface area contributed by atoms with Crippen molar-refractivity contribution in [2.75, 3.05) is 21.3 Å². The van der Waals surface area contributed by atoms with E-state index in [-0.39, 0.29) is 18.0 Å². The molecule has 3 rings (SSSR count). The molecule has 0 saturated heterocycles. The van der Waals surface area contributed by atoms with Gasteiger partial charge in [0.1, 0.15) is 23.8 Å². The third-order valence-electron chi connectivity index (χ3n) is 5.17. The zero-order chi connectivity index (χ0) is 20.8. The molecule has 3 atom stereocenters. The molecule has 2 N–H and O–H groups in total. The van der Waals surface area contributed by atoms with E-state index in [0.717, 1.165) is 24.8 Å². The number of hydrogen-bond acceptors (Lipinski definition) is 6. The Hall–Kier alpha value is -2.51. The van der Waals surface area contributed by atoms with Crippen LogP contribution in [0.25, 0.3) is 0 Å². The van der Waals surface area contributed by atoms with Crippen LogP contribution < -0.4 is 24.3 Å². The van der Waals surface area contributed by atoms with Gasteiger partial charge in [-0.3, -0.25) is 0 Å². The minimum Gasteiger partial charge on any atom is -0.493 e. The second-order valence-corrected chi connectivity index (χ2v) is 7.06. The quantitative estimate of drug-likeness (QED) is 0.702. The van der Waals surface area contributed by atoms with Gasteiger partial charge in [0.15, 0.2) is 11.5 Å². The molecule has 6 nitrogen and oxygen atoms in total. The Morgan fingerprint density at radius 1 is 1.03 bits per heavy atom. The topological polar surface area (TPSA) is 69.2 Å². The van der Waals surface area contributed by atoms with Gasteiger partial charge in [-0.2, -0.15) is 0 Å². The lowest BCUT2D eigenvalue weighted by atomic mass is 9.89. The van der Waals surface area contributed by atoms with E-state index in [1.165, 1.54) is 12.1 Å². The predicted molar refractivity (Wildman–Crippen MR) is 107 cm³/mol. The van der Waals surface area contributed by atoms with E-state index in [4.69, 9.17) is 18.9 Å². The van der Waals surface area contributed by atoms with Crippen LogP contribution in [0.5, 0.6) is 23.0 Å². The van der Waals surface area contributed by atoms with Crippen LogP contribution in [0.3, 0.4) is 0 Å². The van der Waals surface area contributed by atoms with Crippen LogP contribution in [0.2, 0.25) is 0 Å². The molecule has 1 fully saturated rings. The van der Waals surface area contributed by atoms with Crippen molar-refractivity contribution < 1.29 is 28.4 Å². The monoisotopic (exact) mass is 405 g/mol. The van der Waals surface area contributed by atoms with E-state index in [2.05, 4.69) is 5.32 Å². The summed E-state index contributed by atoms with van der Waals surface area (Å²) in [5, 5.41) is 14.2. The number of rotatable bonds is 8. The first-order chi connectivity index (χ1) is 14.0. The van der Waals surface area contributed by atoms with Crippen LogP contribution >= 0.6 is 0 Å². The van der Waals surface area contributed by atoms with E-state index >= 15 is 0 Å². The minimum atomic E-state index is -0.700. The van der Waals surface area contributed by atoms with Crippen molar-refractivity contribution in [1.82, 2.24) is 5.32 Å². The molecule has 0 radical (unpaired) electrons. The number of nitrogens with one attached hydrogen (secondary N) is 1. The summed E-state index contributed by atoms with van der Waals surface area (Å²) in [6.45, 7) is 0.519. The van der Waals surface area contributed by atoms with Crippen molar-refractivity contribution in [3.8, 4) is 23.0 Å². The Morgan fingerprint density at radius 3 is 2.38 bits per heavy atom. The average molecular weight is 405 g/mol. The van der Waals surface area contributed by atoms with Crippen LogP contribution in [0.4, 0.5) is 4.39 Å². The first-order valence-electron chi connectivity index (χ1n) is 9.68. The van der Waals surface area contributed by atoms with Gasteiger partial charge >= 0.3 is 0 Å². The number of halogens is 1. The highest BCUT2D eigenvalue weighted by molar-refractivity contribution is 5.53. The highest BCUT2D eigenvalue weighted by atomic mass is 19.1. The van der Waals surface area contributed by atoms with Crippen molar-refractivity contribution in [3.63, 3.8) is 0 Å². The summed E-state index contributed by atoms with van der Waals surface area (Å²) in [5.74, 6) is 1.78. The molecule has 0 heterocycles. The molecule has 7 heteroatoms. The fraction of sp³-hybridized carbons (Fsp3) is 0.455. The average Bonchev–Trinajstić information content (AvgIpc) is 2.73. The molecule has 0 bridgehead atoms. The number of hydrogen-bond donors (Lipinski definition) is 2. The van der Waals surface area contributed by atoms with Gasteiger partial charge in [0.05, 0.1) is 21.3 Å². The Balaban J connectivity index is 1.65. The van der Waals surface area contributed by atoms with E-state index < -0.39 is 6.10 Å². The SMILES string of the molecule is COc1cc(CN[C@H]2CCC[C@@H](Oc3cccc(F)c3)[C@@H]2O)cc(OC)c1OC. The highest BCUT2D eigenvalue weighted by Gasteiger charge is 2.33. The van der Waals surface area contributed by atoms with Gasteiger partial charge in [-0.15, -0.1) is 0 Å². The third kappa shape index (κ3) is 5.10. The number of methoxy groups -OCH3 is 3. The number of aliphatic hydroxyl groups is 1. The fourth-order valence-corrected chi connectivity index (χ4v) is 3.69. The minimum absolute atomic E-state index is 0.138. The first kappa shape index (κ1) is 21.2. The molecule has 2 aromatic carbocycles. The molecule has 0 unspecified atom stereocenters. The largest absolute Gasteiger partial charge is 0.493 e. The molecule has 0 aromatic heterocycles. The lowest BCUT2D eigenvalue weighted by Crippen LogP contribution is -2.50. The zero-order valence-corrected chi connectivity index (χ0v) is 17.0. The third-order valence-corrected chi connectivity index (χ3v) is 5.17. The Bertz CT molecular complexity index is 791. The summed E-state index contributed by atoms with van der Waals surface area (Å²) in [4.78, 5) is 0. The molecule has 2 aromatic rings. The van der Waals surface area contributed by atoms with Gasteiger partial charge in [-0.25, -0.2) is 4.39 Å².